The topological polar surface area (TPSA) is 69.2 Å². The first-order valence-corrected chi connectivity index (χ1v) is 4.39. The maximum atomic E-state index is 12.7. The zero-order chi connectivity index (χ0) is 12.3. The summed E-state index contributed by atoms with van der Waals surface area (Å²) in [5.41, 5.74) is 4.71. The van der Waals surface area contributed by atoms with Crippen molar-refractivity contribution >= 4 is 5.69 Å². The second kappa shape index (κ2) is 4.93. The van der Waals surface area contributed by atoms with Gasteiger partial charge in [0.05, 0.1) is 11.0 Å². The Labute approximate surface area is 89.0 Å². The van der Waals surface area contributed by atoms with Crippen molar-refractivity contribution in [3.8, 4) is 0 Å². The highest BCUT2D eigenvalue weighted by atomic mass is 19.3. The van der Waals surface area contributed by atoms with E-state index >= 15 is 0 Å². The molecule has 0 aliphatic carbocycles. The molecule has 0 radical (unpaired) electrons. The molecule has 0 heterocycles. The number of nitrogens with zero attached hydrogens (tertiary/aromatic N) is 1. The van der Waals surface area contributed by atoms with Gasteiger partial charge in [-0.3, -0.25) is 10.1 Å². The summed E-state index contributed by atoms with van der Waals surface area (Å²) in [5, 5.41) is 10.6. The zero-order valence-corrected chi connectivity index (χ0v) is 8.07. The molecular weight excluding hydrogens is 225 g/mol. The van der Waals surface area contributed by atoms with Gasteiger partial charge in [-0.25, -0.2) is 13.2 Å². The Balaban J connectivity index is 3.07. The Morgan fingerprint density at radius 3 is 2.56 bits per heavy atom. The van der Waals surface area contributed by atoms with E-state index in [-0.39, 0.29) is 5.56 Å². The molecule has 0 spiro atoms. The maximum absolute atomic E-state index is 12.7. The van der Waals surface area contributed by atoms with Crippen molar-refractivity contribution in [3.63, 3.8) is 0 Å². The van der Waals surface area contributed by atoms with E-state index in [4.69, 9.17) is 5.73 Å². The van der Waals surface area contributed by atoms with Crippen molar-refractivity contribution in [2.24, 2.45) is 5.73 Å². The lowest BCUT2D eigenvalue weighted by Gasteiger charge is -2.11. The van der Waals surface area contributed by atoms with Gasteiger partial charge in [0.25, 0.3) is 5.69 Å². The van der Waals surface area contributed by atoms with E-state index in [0.29, 0.717) is 6.07 Å². The van der Waals surface area contributed by atoms with Gasteiger partial charge in [-0.15, -0.1) is 0 Å². The normalized spacial score (nSPS) is 12.8. The van der Waals surface area contributed by atoms with Crippen molar-refractivity contribution in [3.05, 3.63) is 39.7 Å². The van der Waals surface area contributed by atoms with Crippen LogP contribution in [0.3, 0.4) is 0 Å². The molecule has 0 bridgehead atoms. The number of nitrogens with two attached hydrogens (primary N) is 1. The van der Waals surface area contributed by atoms with Crippen LogP contribution in [-0.2, 0) is 0 Å². The fourth-order valence-electron chi connectivity index (χ4n) is 1.31. The Kier molecular flexibility index (Phi) is 3.83. The summed E-state index contributed by atoms with van der Waals surface area (Å²) < 4.78 is 36.9. The van der Waals surface area contributed by atoms with Gasteiger partial charge in [0.1, 0.15) is 5.82 Å². The molecule has 0 aromatic heterocycles. The molecule has 7 heteroatoms. The molecule has 1 aromatic carbocycles. The van der Waals surface area contributed by atoms with Crippen LogP contribution in [0.25, 0.3) is 0 Å². The lowest BCUT2D eigenvalue weighted by molar-refractivity contribution is -0.385. The van der Waals surface area contributed by atoms with Gasteiger partial charge in [0.2, 0.25) is 6.43 Å². The standard InChI is InChI=1S/C9H9F3N2O2/c10-5-1-2-6(7(13)4-9(11)12)8(3-5)14(15)16/h1-3,7,9H,4,13H2/t7-/m1/s1. The number of rotatable bonds is 4. The van der Waals surface area contributed by atoms with Crippen LogP contribution >= 0.6 is 0 Å². The lowest BCUT2D eigenvalue weighted by Crippen LogP contribution is -2.15. The van der Waals surface area contributed by atoms with Crippen molar-refractivity contribution in [2.75, 3.05) is 0 Å². The van der Waals surface area contributed by atoms with E-state index in [2.05, 4.69) is 0 Å². The molecule has 16 heavy (non-hydrogen) atoms. The quantitative estimate of drug-likeness (QED) is 0.642. The van der Waals surface area contributed by atoms with Gasteiger partial charge in [0.15, 0.2) is 0 Å². The van der Waals surface area contributed by atoms with Crippen molar-refractivity contribution < 1.29 is 18.1 Å². The zero-order valence-electron chi connectivity index (χ0n) is 8.07. The lowest BCUT2D eigenvalue weighted by atomic mass is 10.0. The molecule has 0 amide bonds. The SMILES string of the molecule is N[C@H](CC(F)F)c1ccc(F)cc1[N+](=O)[O-]. The van der Waals surface area contributed by atoms with Gasteiger partial charge in [-0.05, 0) is 12.1 Å². The van der Waals surface area contributed by atoms with E-state index in [0.717, 1.165) is 12.1 Å². The maximum Gasteiger partial charge on any atom is 0.277 e. The summed E-state index contributed by atoms with van der Waals surface area (Å²) in [7, 11) is 0. The van der Waals surface area contributed by atoms with Crippen LogP contribution in [0.2, 0.25) is 0 Å². The predicted molar refractivity (Wildman–Crippen MR) is 50.6 cm³/mol. The van der Waals surface area contributed by atoms with Gasteiger partial charge >= 0.3 is 0 Å². The van der Waals surface area contributed by atoms with Crippen molar-refractivity contribution in [1.82, 2.24) is 0 Å². The minimum Gasteiger partial charge on any atom is -0.324 e. The molecule has 0 aliphatic heterocycles. The summed E-state index contributed by atoms with van der Waals surface area (Å²) in [4.78, 5) is 9.72. The number of nitro benzene ring substituents is 1. The first-order chi connectivity index (χ1) is 7.41. The smallest absolute Gasteiger partial charge is 0.277 e. The van der Waals surface area contributed by atoms with Gasteiger partial charge in [-0.1, -0.05) is 0 Å². The largest absolute Gasteiger partial charge is 0.324 e. The van der Waals surface area contributed by atoms with E-state index in [1.807, 2.05) is 0 Å². The Bertz CT molecular complexity index is 398. The van der Waals surface area contributed by atoms with E-state index in [1.165, 1.54) is 0 Å². The molecule has 88 valence electrons. The number of benzene rings is 1. The van der Waals surface area contributed by atoms with E-state index < -0.39 is 35.3 Å². The average molecular weight is 234 g/mol. The first-order valence-electron chi connectivity index (χ1n) is 4.39. The third-order valence-corrected chi connectivity index (χ3v) is 2.02. The summed E-state index contributed by atoms with van der Waals surface area (Å²) in [5.74, 6) is -0.806. The van der Waals surface area contributed by atoms with E-state index in [9.17, 15) is 23.3 Å². The predicted octanol–water partition coefficient (Wildman–Crippen LogP) is 2.39. The monoisotopic (exact) mass is 234 g/mol. The second-order valence-electron chi connectivity index (χ2n) is 3.19. The molecule has 1 atom stereocenters. The first kappa shape index (κ1) is 12.4. The molecule has 0 saturated heterocycles. The minimum atomic E-state index is -2.67. The van der Waals surface area contributed by atoms with Crippen LogP contribution < -0.4 is 5.73 Å². The van der Waals surface area contributed by atoms with Crippen LogP contribution in [0, 0.1) is 15.9 Å². The molecular formula is C9H9F3N2O2. The fourth-order valence-corrected chi connectivity index (χ4v) is 1.31. The van der Waals surface area contributed by atoms with Crippen LogP contribution in [-0.4, -0.2) is 11.3 Å². The number of alkyl halides is 2. The highest BCUT2D eigenvalue weighted by Gasteiger charge is 2.22. The summed E-state index contributed by atoms with van der Waals surface area (Å²) in [6.45, 7) is 0. The molecule has 0 saturated carbocycles. The van der Waals surface area contributed by atoms with E-state index in [1.54, 1.807) is 0 Å². The second-order valence-corrected chi connectivity index (χ2v) is 3.19. The van der Waals surface area contributed by atoms with Crippen LogP contribution in [0.4, 0.5) is 18.9 Å². The molecule has 0 fully saturated rings. The molecule has 0 unspecified atom stereocenters. The summed E-state index contributed by atoms with van der Waals surface area (Å²) in [6.07, 6.45) is -3.37. The van der Waals surface area contributed by atoms with Gasteiger partial charge in [0, 0.05) is 18.0 Å². The number of halogens is 3. The molecule has 0 aliphatic rings. The Morgan fingerprint density at radius 2 is 2.06 bits per heavy atom. The fraction of sp³-hybridized carbons (Fsp3) is 0.333. The Hall–Kier alpha value is -1.63. The molecule has 2 N–H and O–H groups in total. The molecule has 4 nitrogen and oxygen atoms in total. The molecule has 1 aromatic rings. The highest BCUT2D eigenvalue weighted by molar-refractivity contribution is 5.42. The van der Waals surface area contributed by atoms with Crippen LogP contribution in [0.5, 0.6) is 0 Å². The number of hydrogen-bond acceptors (Lipinski definition) is 3. The third-order valence-electron chi connectivity index (χ3n) is 2.02. The summed E-state index contributed by atoms with van der Waals surface area (Å²) in [6, 6.07) is 1.50. The minimum absolute atomic E-state index is 0.0910. The summed E-state index contributed by atoms with van der Waals surface area (Å²) >= 11 is 0. The Morgan fingerprint density at radius 1 is 1.44 bits per heavy atom. The number of nitro groups is 1. The van der Waals surface area contributed by atoms with Crippen LogP contribution in [0.15, 0.2) is 18.2 Å². The number of hydrogen-bond donors (Lipinski definition) is 1. The van der Waals surface area contributed by atoms with Gasteiger partial charge < -0.3 is 5.73 Å². The van der Waals surface area contributed by atoms with Gasteiger partial charge in [-0.2, -0.15) is 0 Å². The van der Waals surface area contributed by atoms with Crippen molar-refractivity contribution in [2.45, 2.75) is 18.9 Å². The third kappa shape index (κ3) is 2.93. The van der Waals surface area contributed by atoms with Crippen molar-refractivity contribution in [1.29, 1.82) is 0 Å². The highest BCUT2D eigenvalue weighted by Crippen LogP contribution is 2.27. The molecule has 1 rings (SSSR count). The average Bonchev–Trinajstić information content (AvgIpc) is 2.16. The van der Waals surface area contributed by atoms with Crippen LogP contribution in [0.1, 0.15) is 18.0 Å².